The zero-order valence-corrected chi connectivity index (χ0v) is 13.4. The molecule has 0 bridgehead atoms. The first-order valence-corrected chi connectivity index (χ1v) is 8.04. The average molecular weight is 322 g/mol. The van der Waals surface area contributed by atoms with Crippen LogP contribution in [0.4, 0.5) is 4.39 Å². The van der Waals surface area contributed by atoms with E-state index in [1.807, 2.05) is 19.2 Å². The van der Waals surface area contributed by atoms with Crippen molar-refractivity contribution < 1.29 is 14.3 Å². The van der Waals surface area contributed by atoms with Crippen molar-refractivity contribution >= 4 is 17.2 Å². The van der Waals surface area contributed by atoms with Gasteiger partial charge in [0.15, 0.2) is 0 Å². The topological polar surface area (TPSA) is 62.2 Å². The first kappa shape index (κ1) is 16.6. The molecule has 0 aliphatic rings. The number of halogens is 1. The van der Waals surface area contributed by atoms with Crippen molar-refractivity contribution in [3.05, 3.63) is 51.7 Å². The number of thiazole rings is 1. The molecule has 0 aliphatic heterocycles. The number of aliphatic hydroxyl groups excluding tert-OH is 1. The molecule has 0 saturated heterocycles. The molecule has 1 aromatic heterocycles. The summed E-state index contributed by atoms with van der Waals surface area (Å²) in [6.45, 7) is 3.88. The van der Waals surface area contributed by atoms with E-state index in [0.717, 1.165) is 17.1 Å². The number of nitrogens with one attached hydrogen (secondary N) is 1. The molecule has 1 amide bonds. The molecule has 4 nitrogen and oxygen atoms in total. The van der Waals surface area contributed by atoms with Crippen LogP contribution in [0.2, 0.25) is 0 Å². The molecule has 2 aromatic rings. The normalized spacial score (nSPS) is 13.6. The minimum absolute atomic E-state index is 0.113. The summed E-state index contributed by atoms with van der Waals surface area (Å²) < 4.78 is 13.1. The molecule has 22 heavy (non-hydrogen) atoms. The van der Waals surface area contributed by atoms with Gasteiger partial charge in [-0.1, -0.05) is 19.1 Å². The van der Waals surface area contributed by atoms with Gasteiger partial charge in [0, 0.05) is 5.38 Å². The van der Waals surface area contributed by atoms with Crippen molar-refractivity contribution in [2.75, 3.05) is 0 Å². The predicted molar refractivity (Wildman–Crippen MR) is 84.0 cm³/mol. The van der Waals surface area contributed by atoms with Crippen molar-refractivity contribution in [2.45, 2.75) is 38.8 Å². The molecule has 0 fully saturated rings. The highest BCUT2D eigenvalue weighted by atomic mass is 32.1. The summed E-state index contributed by atoms with van der Waals surface area (Å²) in [5.41, 5.74) is 1.21. The molecule has 0 spiro atoms. The van der Waals surface area contributed by atoms with Gasteiger partial charge in [-0.25, -0.2) is 9.37 Å². The van der Waals surface area contributed by atoms with Gasteiger partial charge in [0.1, 0.15) is 5.82 Å². The number of nitrogens with zero attached hydrogens (tertiary/aromatic N) is 1. The lowest BCUT2D eigenvalue weighted by atomic mass is 10.1. The standard InChI is InChI=1S/C16H19FN2O2S/c1-3-16-19-13(9-22-16)10(2)18-15(21)8-14(20)11-5-4-6-12(17)7-11/h4-7,9-10,14,20H,3,8H2,1-2H3,(H,18,21). The smallest absolute Gasteiger partial charge is 0.223 e. The Bertz CT molecular complexity index is 645. The van der Waals surface area contributed by atoms with Crippen LogP contribution in [0, 0.1) is 5.82 Å². The number of aromatic nitrogens is 1. The molecule has 0 saturated carbocycles. The number of carbonyl (C=O) groups excluding carboxylic acids is 1. The highest BCUT2D eigenvalue weighted by Gasteiger charge is 2.17. The minimum Gasteiger partial charge on any atom is -0.388 e. The Kier molecular flexibility index (Phi) is 5.63. The number of hydrogen-bond donors (Lipinski definition) is 2. The molecule has 6 heteroatoms. The van der Waals surface area contributed by atoms with Crippen LogP contribution in [-0.4, -0.2) is 16.0 Å². The Morgan fingerprint density at radius 2 is 2.27 bits per heavy atom. The molecule has 2 unspecified atom stereocenters. The summed E-state index contributed by atoms with van der Waals surface area (Å²) >= 11 is 1.56. The number of hydrogen-bond acceptors (Lipinski definition) is 4. The first-order chi connectivity index (χ1) is 10.5. The molecular weight excluding hydrogens is 303 g/mol. The second-order valence-corrected chi connectivity index (χ2v) is 6.03. The number of aryl methyl sites for hydroxylation is 1. The highest BCUT2D eigenvalue weighted by Crippen LogP contribution is 2.20. The van der Waals surface area contributed by atoms with E-state index < -0.39 is 11.9 Å². The largest absolute Gasteiger partial charge is 0.388 e. The lowest BCUT2D eigenvalue weighted by Crippen LogP contribution is -2.28. The van der Waals surface area contributed by atoms with E-state index in [4.69, 9.17) is 0 Å². The molecule has 118 valence electrons. The van der Waals surface area contributed by atoms with Gasteiger partial charge in [0.05, 0.1) is 29.3 Å². The number of benzene rings is 1. The zero-order valence-electron chi connectivity index (χ0n) is 12.5. The number of rotatable bonds is 6. The summed E-state index contributed by atoms with van der Waals surface area (Å²) in [4.78, 5) is 16.4. The lowest BCUT2D eigenvalue weighted by Gasteiger charge is -2.14. The SMILES string of the molecule is CCc1nc(C(C)NC(=O)CC(O)c2cccc(F)c2)cs1. The number of carbonyl (C=O) groups is 1. The quantitative estimate of drug-likeness (QED) is 0.859. The van der Waals surface area contributed by atoms with Gasteiger partial charge < -0.3 is 10.4 Å². The Balaban J connectivity index is 1.92. The third kappa shape index (κ3) is 4.35. The fourth-order valence-electron chi connectivity index (χ4n) is 2.07. The van der Waals surface area contributed by atoms with Crippen LogP contribution >= 0.6 is 11.3 Å². The second-order valence-electron chi connectivity index (χ2n) is 5.08. The van der Waals surface area contributed by atoms with Gasteiger partial charge >= 0.3 is 0 Å². The van der Waals surface area contributed by atoms with Gasteiger partial charge in [0.25, 0.3) is 0 Å². The summed E-state index contributed by atoms with van der Waals surface area (Å²) in [7, 11) is 0. The Labute approximate surface area is 133 Å². The van der Waals surface area contributed by atoms with Crippen LogP contribution in [0.5, 0.6) is 0 Å². The molecule has 1 aromatic carbocycles. The predicted octanol–water partition coefficient (Wildman–Crippen LogP) is 3.15. The van der Waals surface area contributed by atoms with E-state index in [-0.39, 0.29) is 18.4 Å². The second kappa shape index (κ2) is 7.47. The van der Waals surface area contributed by atoms with Crippen molar-refractivity contribution in [1.82, 2.24) is 10.3 Å². The van der Waals surface area contributed by atoms with E-state index in [1.54, 1.807) is 17.4 Å². The molecule has 2 N–H and O–H groups in total. The fourth-order valence-corrected chi connectivity index (χ4v) is 2.91. The van der Waals surface area contributed by atoms with Crippen LogP contribution < -0.4 is 5.32 Å². The maximum absolute atomic E-state index is 13.1. The molecular formula is C16H19FN2O2S. The van der Waals surface area contributed by atoms with Gasteiger partial charge in [0.2, 0.25) is 5.91 Å². The van der Waals surface area contributed by atoms with Crippen molar-refractivity contribution in [3.8, 4) is 0 Å². The Hall–Kier alpha value is -1.79. The van der Waals surface area contributed by atoms with E-state index in [9.17, 15) is 14.3 Å². The first-order valence-electron chi connectivity index (χ1n) is 7.16. The van der Waals surface area contributed by atoms with Gasteiger partial charge in [-0.05, 0) is 31.0 Å². The summed E-state index contributed by atoms with van der Waals surface area (Å²) in [5.74, 6) is -0.727. The van der Waals surface area contributed by atoms with Gasteiger partial charge in [-0.2, -0.15) is 0 Å². The summed E-state index contributed by atoms with van der Waals surface area (Å²) in [5, 5.41) is 15.7. The minimum atomic E-state index is -1.02. The van der Waals surface area contributed by atoms with E-state index >= 15 is 0 Å². The van der Waals surface area contributed by atoms with Crippen molar-refractivity contribution in [2.24, 2.45) is 0 Å². The van der Waals surface area contributed by atoms with Crippen LogP contribution in [0.3, 0.4) is 0 Å². The Morgan fingerprint density at radius 3 is 2.91 bits per heavy atom. The van der Waals surface area contributed by atoms with E-state index in [1.165, 1.54) is 18.2 Å². The molecule has 1 heterocycles. The zero-order chi connectivity index (χ0) is 16.1. The van der Waals surface area contributed by atoms with Crippen molar-refractivity contribution in [1.29, 1.82) is 0 Å². The van der Waals surface area contributed by atoms with Crippen molar-refractivity contribution in [3.63, 3.8) is 0 Å². The molecule has 0 radical (unpaired) electrons. The maximum Gasteiger partial charge on any atom is 0.223 e. The molecule has 0 aliphatic carbocycles. The number of amides is 1. The third-order valence-corrected chi connectivity index (χ3v) is 4.32. The van der Waals surface area contributed by atoms with Gasteiger partial charge in [-0.3, -0.25) is 4.79 Å². The third-order valence-electron chi connectivity index (χ3n) is 3.31. The fraction of sp³-hybridized carbons (Fsp3) is 0.375. The summed E-state index contributed by atoms with van der Waals surface area (Å²) in [6.07, 6.45) is -0.271. The van der Waals surface area contributed by atoms with Gasteiger partial charge in [-0.15, -0.1) is 11.3 Å². The van der Waals surface area contributed by atoms with Crippen LogP contribution in [0.25, 0.3) is 0 Å². The van der Waals surface area contributed by atoms with Crippen LogP contribution in [0.15, 0.2) is 29.6 Å². The average Bonchev–Trinajstić information content (AvgIpc) is 2.96. The molecule has 2 atom stereocenters. The Morgan fingerprint density at radius 1 is 1.50 bits per heavy atom. The van der Waals surface area contributed by atoms with Crippen LogP contribution in [0.1, 0.15) is 48.7 Å². The van der Waals surface area contributed by atoms with Crippen LogP contribution in [-0.2, 0) is 11.2 Å². The maximum atomic E-state index is 13.1. The molecule has 2 rings (SSSR count). The van der Waals surface area contributed by atoms with E-state index in [2.05, 4.69) is 10.3 Å². The summed E-state index contributed by atoms with van der Waals surface area (Å²) in [6, 6.07) is 5.42. The number of aliphatic hydroxyl groups is 1. The highest BCUT2D eigenvalue weighted by molar-refractivity contribution is 7.09. The monoisotopic (exact) mass is 322 g/mol. The van der Waals surface area contributed by atoms with E-state index in [0.29, 0.717) is 5.56 Å². The lowest BCUT2D eigenvalue weighted by molar-refractivity contribution is -0.123.